The largest absolute Gasteiger partial charge is 0.469 e. The van der Waals surface area contributed by atoms with Gasteiger partial charge >= 0.3 is 5.97 Å². The molecule has 0 N–H and O–H groups in total. The molecular weight excluding hydrogens is 214 g/mol. The second-order valence-corrected chi connectivity index (χ2v) is 3.14. The highest BCUT2D eigenvalue weighted by molar-refractivity contribution is 5.70. The van der Waals surface area contributed by atoms with Crippen LogP contribution in [-0.4, -0.2) is 38.6 Å². The Bertz CT molecular complexity index is 325. The number of esters is 1. The number of hydrogen-bond donors (Lipinski definition) is 0. The second kappa shape index (κ2) is 6.12. The Balaban J connectivity index is 2.72. The summed E-state index contributed by atoms with van der Waals surface area (Å²) in [5.74, 6) is -0.423. The first-order valence-electron chi connectivity index (χ1n) is 4.69. The van der Waals surface area contributed by atoms with Crippen molar-refractivity contribution >= 4 is 5.97 Å². The zero-order valence-electron chi connectivity index (χ0n) is 9.07. The minimum Gasteiger partial charge on any atom is -0.469 e. The smallest absolute Gasteiger partial charge is 0.308 e. The minimum absolute atomic E-state index is 0.0182. The highest BCUT2D eigenvalue weighted by atomic mass is 16.7. The van der Waals surface area contributed by atoms with E-state index in [4.69, 9.17) is 15.0 Å². The number of azide groups is 1. The molecule has 0 fully saturated rings. The van der Waals surface area contributed by atoms with Crippen LogP contribution in [0.15, 0.2) is 17.3 Å². The maximum atomic E-state index is 11.1. The lowest BCUT2D eigenvalue weighted by atomic mass is 10.1. The molecular formula is C9H13N3O4. The van der Waals surface area contributed by atoms with Gasteiger partial charge in [0.25, 0.3) is 0 Å². The molecule has 0 aromatic rings. The summed E-state index contributed by atoms with van der Waals surface area (Å²) in [6, 6.07) is -0.518. The molecule has 0 spiro atoms. The molecule has 1 heterocycles. The van der Waals surface area contributed by atoms with E-state index in [-0.39, 0.29) is 6.42 Å². The molecule has 3 atom stereocenters. The average Bonchev–Trinajstić information content (AvgIpc) is 2.31. The van der Waals surface area contributed by atoms with Gasteiger partial charge in [0.2, 0.25) is 0 Å². The summed E-state index contributed by atoms with van der Waals surface area (Å²) in [6.07, 6.45) is 2.22. The summed E-state index contributed by atoms with van der Waals surface area (Å²) in [6.45, 7) is 0. The maximum absolute atomic E-state index is 11.1. The van der Waals surface area contributed by atoms with Crippen molar-refractivity contribution in [1.82, 2.24) is 0 Å². The monoisotopic (exact) mass is 227 g/mol. The Hall–Kier alpha value is -1.56. The quantitative estimate of drug-likeness (QED) is 0.237. The van der Waals surface area contributed by atoms with Gasteiger partial charge in [-0.1, -0.05) is 11.2 Å². The van der Waals surface area contributed by atoms with E-state index in [1.807, 2.05) is 0 Å². The molecule has 0 amide bonds. The molecule has 7 nitrogen and oxygen atoms in total. The molecule has 0 saturated heterocycles. The SMILES string of the molecule is COC(=O)C[C@@H]1O[C@H](OC)C=C[C@@H]1N=[N+]=[N-]. The van der Waals surface area contributed by atoms with E-state index in [1.54, 1.807) is 12.2 Å². The van der Waals surface area contributed by atoms with Crippen LogP contribution in [0.25, 0.3) is 10.4 Å². The van der Waals surface area contributed by atoms with Gasteiger partial charge in [0.15, 0.2) is 6.29 Å². The highest BCUT2D eigenvalue weighted by Gasteiger charge is 2.28. The average molecular weight is 227 g/mol. The fraction of sp³-hybridized carbons (Fsp3) is 0.667. The first-order valence-corrected chi connectivity index (χ1v) is 4.69. The number of nitrogens with zero attached hydrogens (tertiary/aromatic N) is 3. The van der Waals surface area contributed by atoms with Crippen LogP contribution >= 0.6 is 0 Å². The first-order chi connectivity index (χ1) is 7.71. The van der Waals surface area contributed by atoms with Crippen LogP contribution in [0.4, 0.5) is 0 Å². The van der Waals surface area contributed by atoms with Crippen molar-refractivity contribution in [2.45, 2.75) is 24.9 Å². The third-order valence-electron chi connectivity index (χ3n) is 2.17. The lowest BCUT2D eigenvalue weighted by molar-refractivity contribution is -0.158. The molecule has 0 aliphatic carbocycles. The maximum Gasteiger partial charge on any atom is 0.308 e. The Morgan fingerprint density at radius 3 is 2.88 bits per heavy atom. The Labute approximate surface area is 92.6 Å². The fourth-order valence-corrected chi connectivity index (χ4v) is 1.35. The van der Waals surface area contributed by atoms with Crippen LogP contribution in [0.5, 0.6) is 0 Å². The second-order valence-electron chi connectivity index (χ2n) is 3.14. The van der Waals surface area contributed by atoms with E-state index in [0.29, 0.717) is 0 Å². The van der Waals surface area contributed by atoms with Crippen LogP contribution in [-0.2, 0) is 19.0 Å². The predicted molar refractivity (Wildman–Crippen MR) is 54.4 cm³/mol. The van der Waals surface area contributed by atoms with E-state index >= 15 is 0 Å². The van der Waals surface area contributed by atoms with E-state index in [9.17, 15) is 4.79 Å². The zero-order valence-corrected chi connectivity index (χ0v) is 9.07. The van der Waals surface area contributed by atoms with Crippen molar-refractivity contribution in [3.05, 3.63) is 22.6 Å². The molecule has 1 aliphatic heterocycles. The number of carbonyl (C=O) groups excluding carboxylic acids is 1. The van der Waals surface area contributed by atoms with Gasteiger partial charge in [-0.3, -0.25) is 4.79 Å². The predicted octanol–water partition coefficient (Wildman–Crippen LogP) is 1.16. The third kappa shape index (κ3) is 3.23. The summed E-state index contributed by atoms with van der Waals surface area (Å²) in [5, 5.41) is 3.53. The topological polar surface area (TPSA) is 93.5 Å². The van der Waals surface area contributed by atoms with Gasteiger partial charge in [0.05, 0.1) is 25.7 Å². The van der Waals surface area contributed by atoms with Gasteiger partial charge in [-0.15, -0.1) is 0 Å². The summed E-state index contributed by atoms with van der Waals surface area (Å²) in [7, 11) is 2.77. The summed E-state index contributed by atoms with van der Waals surface area (Å²) >= 11 is 0. The molecule has 16 heavy (non-hydrogen) atoms. The fourth-order valence-electron chi connectivity index (χ4n) is 1.35. The minimum atomic E-state index is -0.557. The Morgan fingerprint density at radius 2 is 2.31 bits per heavy atom. The van der Waals surface area contributed by atoms with Crippen molar-refractivity contribution in [2.24, 2.45) is 5.11 Å². The molecule has 0 bridgehead atoms. The summed E-state index contributed by atoms with van der Waals surface area (Å²) in [5.41, 5.74) is 8.37. The van der Waals surface area contributed by atoms with Crippen LogP contribution in [0, 0.1) is 0 Å². The van der Waals surface area contributed by atoms with Crippen LogP contribution in [0.2, 0.25) is 0 Å². The molecule has 0 radical (unpaired) electrons. The molecule has 0 saturated carbocycles. The molecule has 88 valence electrons. The lowest BCUT2D eigenvalue weighted by Crippen LogP contribution is -2.36. The molecule has 0 aromatic carbocycles. The van der Waals surface area contributed by atoms with Gasteiger partial charge in [-0.25, -0.2) is 0 Å². The van der Waals surface area contributed by atoms with E-state index in [1.165, 1.54) is 14.2 Å². The lowest BCUT2D eigenvalue weighted by Gasteiger charge is -2.28. The van der Waals surface area contributed by atoms with E-state index < -0.39 is 24.4 Å². The van der Waals surface area contributed by atoms with Crippen LogP contribution in [0.3, 0.4) is 0 Å². The molecule has 7 heteroatoms. The normalized spacial score (nSPS) is 28.2. The van der Waals surface area contributed by atoms with E-state index in [2.05, 4.69) is 14.8 Å². The summed E-state index contributed by atoms with van der Waals surface area (Å²) < 4.78 is 14.9. The highest BCUT2D eigenvalue weighted by Crippen LogP contribution is 2.19. The number of rotatable bonds is 4. The number of methoxy groups -OCH3 is 2. The zero-order chi connectivity index (χ0) is 12.0. The van der Waals surface area contributed by atoms with Gasteiger partial charge in [0, 0.05) is 12.0 Å². The number of ether oxygens (including phenoxy) is 3. The standard InChI is InChI=1S/C9H13N3O4/c1-14-8(13)5-7-6(11-12-10)3-4-9(15-2)16-7/h3-4,6-7,9H,5H2,1-2H3/t6-,7-,9-/m0/s1. The first kappa shape index (κ1) is 12.5. The molecule has 1 aliphatic rings. The van der Waals surface area contributed by atoms with Crippen LogP contribution < -0.4 is 0 Å². The van der Waals surface area contributed by atoms with Crippen LogP contribution in [0.1, 0.15) is 6.42 Å². The van der Waals surface area contributed by atoms with Gasteiger partial charge in [-0.2, -0.15) is 0 Å². The molecule has 0 unspecified atom stereocenters. The van der Waals surface area contributed by atoms with E-state index in [0.717, 1.165) is 0 Å². The third-order valence-corrected chi connectivity index (χ3v) is 2.17. The van der Waals surface area contributed by atoms with Crippen molar-refractivity contribution in [1.29, 1.82) is 0 Å². The number of hydrogen-bond acceptors (Lipinski definition) is 5. The molecule has 0 aromatic heterocycles. The van der Waals surface area contributed by atoms with Gasteiger partial charge in [0.1, 0.15) is 0 Å². The van der Waals surface area contributed by atoms with Gasteiger partial charge in [-0.05, 0) is 11.6 Å². The van der Waals surface area contributed by atoms with Crippen molar-refractivity contribution in [3.8, 4) is 0 Å². The Morgan fingerprint density at radius 1 is 1.56 bits per heavy atom. The molecule has 1 rings (SSSR count). The van der Waals surface area contributed by atoms with Crippen molar-refractivity contribution in [2.75, 3.05) is 14.2 Å². The van der Waals surface area contributed by atoms with Crippen molar-refractivity contribution in [3.63, 3.8) is 0 Å². The van der Waals surface area contributed by atoms with Crippen molar-refractivity contribution < 1.29 is 19.0 Å². The summed E-state index contributed by atoms with van der Waals surface area (Å²) in [4.78, 5) is 13.8. The van der Waals surface area contributed by atoms with Gasteiger partial charge < -0.3 is 14.2 Å². The number of carbonyl (C=O) groups is 1. The Kier molecular flexibility index (Phi) is 4.78.